The average molecular weight is 420 g/mol. The van der Waals surface area contributed by atoms with Crippen molar-refractivity contribution < 1.29 is 4.79 Å². The zero-order chi connectivity index (χ0) is 19.8. The molecule has 0 aliphatic carbocycles. The SMILES string of the molecule is O=C(Cc1c(Cl)cccc1Cl)NCCCCN1CCN(c2ccccc2)CC1. The van der Waals surface area contributed by atoms with Crippen LogP contribution in [0.2, 0.25) is 10.0 Å². The van der Waals surface area contributed by atoms with E-state index in [1.54, 1.807) is 18.2 Å². The molecule has 1 aliphatic heterocycles. The number of carbonyl (C=O) groups excluding carboxylic acids is 1. The molecule has 1 N–H and O–H groups in total. The van der Waals surface area contributed by atoms with Crippen LogP contribution in [0.1, 0.15) is 18.4 Å². The molecule has 0 saturated carbocycles. The maximum absolute atomic E-state index is 12.1. The van der Waals surface area contributed by atoms with Crippen LogP contribution in [-0.2, 0) is 11.2 Å². The number of nitrogens with one attached hydrogen (secondary N) is 1. The Morgan fingerprint density at radius 3 is 2.25 bits per heavy atom. The van der Waals surface area contributed by atoms with Crippen LogP contribution in [-0.4, -0.2) is 50.1 Å². The quantitative estimate of drug-likeness (QED) is 0.649. The molecule has 3 rings (SSSR count). The van der Waals surface area contributed by atoms with Gasteiger partial charge in [-0.15, -0.1) is 0 Å². The molecular formula is C22H27Cl2N3O. The van der Waals surface area contributed by atoms with E-state index in [4.69, 9.17) is 23.2 Å². The molecule has 0 radical (unpaired) electrons. The Morgan fingerprint density at radius 2 is 1.57 bits per heavy atom. The highest BCUT2D eigenvalue weighted by molar-refractivity contribution is 6.36. The number of rotatable bonds is 8. The molecule has 2 aromatic rings. The van der Waals surface area contributed by atoms with Crippen LogP contribution in [0.5, 0.6) is 0 Å². The van der Waals surface area contributed by atoms with E-state index in [1.807, 2.05) is 0 Å². The summed E-state index contributed by atoms with van der Waals surface area (Å²) in [6, 6.07) is 15.9. The smallest absolute Gasteiger partial charge is 0.224 e. The van der Waals surface area contributed by atoms with E-state index < -0.39 is 0 Å². The Balaban J connectivity index is 1.29. The number of amides is 1. The standard InChI is InChI=1S/C22H27Cl2N3O/c23-20-9-6-10-21(24)19(20)17-22(28)25-11-4-5-12-26-13-15-27(16-14-26)18-7-2-1-3-8-18/h1-3,6-10H,4-5,11-17H2,(H,25,28). The van der Waals surface area contributed by atoms with E-state index in [2.05, 4.69) is 45.4 Å². The van der Waals surface area contributed by atoms with Crippen molar-refractivity contribution in [2.24, 2.45) is 0 Å². The van der Waals surface area contributed by atoms with Gasteiger partial charge < -0.3 is 10.2 Å². The van der Waals surface area contributed by atoms with Gasteiger partial charge in [0, 0.05) is 48.5 Å². The van der Waals surface area contributed by atoms with Crippen LogP contribution in [0.3, 0.4) is 0 Å². The van der Waals surface area contributed by atoms with Crippen molar-refractivity contribution in [2.75, 3.05) is 44.2 Å². The Kier molecular flexibility index (Phi) is 8.01. The molecule has 1 aliphatic rings. The normalized spacial score (nSPS) is 14.9. The van der Waals surface area contributed by atoms with Gasteiger partial charge in [-0.2, -0.15) is 0 Å². The summed E-state index contributed by atoms with van der Waals surface area (Å²) in [6.07, 6.45) is 2.28. The molecule has 28 heavy (non-hydrogen) atoms. The summed E-state index contributed by atoms with van der Waals surface area (Å²) in [4.78, 5) is 17.1. The van der Waals surface area contributed by atoms with E-state index >= 15 is 0 Å². The largest absolute Gasteiger partial charge is 0.369 e. The third-order valence-corrected chi connectivity index (χ3v) is 5.82. The lowest BCUT2D eigenvalue weighted by molar-refractivity contribution is -0.120. The summed E-state index contributed by atoms with van der Waals surface area (Å²) in [7, 11) is 0. The van der Waals surface area contributed by atoms with Gasteiger partial charge in [0.2, 0.25) is 5.91 Å². The molecule has 2 aromatic carbocycles. The number of para-hydroxylation sites is 1. The number of unbranched alkanes of at least 4 members (excludes halogenated alkanes) is 1. The molecular weight excluding hydrogens is 393 g/mol. The van der Waals surface area contributed by atoms with E-state index in [1.165, 1.54) is 5.69 Å². The second-order valence-corrected chi connectivity index (χ2v) is 7.91. The van der Waals surface area contributed by atoms with Crippen molar-refractivity contribution in [1.29, 1.82) is 0 Å². The highest BCUT2D eigenvalue weighted by atomic mass is 35.5. The molecule has 0 spiro atoms. The fraction of sp³-hybridized carbons (Fsp3) is 0.409. The lowest BCUT2D eigenvalue weighted by atomic mass is 10.1. The molecule has 1 fully saturated rings. The maximum atomic E-state index is 12.1. The minimum absolute atomic E-state index is 0.0357. The monoisotopic (exact) mass is 419 g/mol. The predicted octanol–water partition coefficient (Wildman–Crippen LogP) is 4.25. The number of nitrogens with zero attached hydrogens (tertiary/aromatic N) is 2. The number of halogens is 2. The van der Waals surface area contributed by atoms with Crippen LogP contribution in [0.15, 0.2) is 48.5 Å². The van der Waals surface area contributed by atoms with Crippen molar-refractivity contribution in [3.63, 3.8) is 0 Å². The van der Waals surface area contributed by atoms with Crippen molar-refractivity contribution >= 4 is 34.8 Å². The maximum Gasteiger partial charge on any atom is 0.224 e. The van der Waals surface area contributed by atoms with Crippen LogP contribution in [0, 0.1) is 0 Å². The third-order valence-electron chi connectivity index (χ3n) is 5.12. The van der Waals surface area contributed by atoms with E-state index in [-0.39, 0.29) is 12.3 Å². The summed E-state index contributed by atoms with van der Waals surface area (Å²) in [5, 5.41) is 4.05. The summed E-state index contributed by atoms with van der Waals surface area (Å²) in [6.45, 7) is 6.08. The number of carbonyl (C=O) groups is 1. The van der Waals surface area contributed by atoms with Crippen LogP contribution in [0.4, 0.5) is 5.69 Å². The molecule has 0 unspecified atom stereocenters. The van der Waals surface area contributed by atoms with Crippen molar-refractivity contribution in [2.45, 2.75) is 19.3 Å². The van der Waals surface area contributed by atoms with Gasteiger partial charge in [-0.3, -0.25) is 9.69 Å². The highest BCUT2D eigenvalue weighted by Gasteiger charge is 2.16. The first-order valence-electron chi connectivity index (χ1n) is 9.85. The molecule has 6 heteroatoms. The fourth-order valence-electron chi connectivity index (χ4n) is 3.48. The minimum Gasteiger partial charge on any atom is -0.369 e. The minimum atomic E-state index is -0.0357. The summed E-state index contributed by atoms with van der Waals surface area (Å²) in [5.41, 5.74) is 2.00. The third kappa shape index (κ3) is 6.13. The van der Waals surface area contributed by atoms with Crippen LogP contribution in [0.25, 0.3) is 0 Å². The summed E-state index contributed by atoms with van der Waals surface area (Å²) < 4.78 is 0. The van der Waals surface area contributed by atoms with Gasteiger partial charge in [0.15, 0.2) is 0 Å². The molecule has 4 nitrogen and oxygen atoms in total. The molecule has 1 heterocycles. The van der Waals surface area contributed by atoms with E-state index in [0.717, 1.165) is 45.6 Å². The van der Waals surface area contributed by atoms with Crippen molar-refractivity contribution in [3.05, 3.63) is 64.1 Å². The molecule has 1 amide bonds. The van der Waals surface area contributed by atoms with Gasteiger partial charge in [-0.25, -0.2) is 0 Å². The van der Waals surface area contributed by atoms with Crippen molar-refractivity contribution in [1.82, 2.24) is 10.2 Å². The molecule has 0 atom stereocenters. The summed E-state index contributed by atoms with van der Waals surface area (Å²) in [5.74, 6) is -0.0357. The van der Waals surface area contributed by atoms with Crippen molar-refractivity contribution in [3.8, 4) is 0 Å². The Bertz CT molecular complexity index is 741. The van der Waals surface area contributed by atoms with Gasteiger partial charge in [0.05, 0.1) is 6.42 Å². The number of piperazine rings is 1. The zero-order valence-corrected chi connectivity index (χ0v) is 17.6. The van der Waals surface area contributed by atoms with Gasteiger partial charge in [-0.05, 0) is 49.2 Å². The lowest BCUT2D eigenvalue weighted by Gasteiger charge is -2.36. The van der Waals surface area contributed by atoms with Gasteiger partial charge in [-0.1, -0.05) is 47.5 Å². The topological polar surface area (TPSA) is 35.6 Å². The molecule has 0 bridgehead atoms. The first-order chi connectivity index (χ1) is 13.6. The van der Waals surface area contributed by atoms with E-state index in [0.29, 0.717) is 22.2 Å². The first-order valence-corrected chi connectivity index (χ1v) is 10.6. The Hall–Kier alpha value is -1.75. The van der Waals surface area contributed by atoms with Gasteiger partial charge in [0.1, 0.15) is 0 Å². The van der Waals surface area contributed by atoms with Crippen LogP contribution < -0.4 is 10.2 Å². The fourth-order valence-corrected chi connectivity index (χ4v) is 4.01. The lowest BCUT2D eigenvalue weighted by Crippen LogP contribution is -2.46. The number of hydrogen-bond donors (Lipinski definition) is 1. The summed E-state index contributed by atoms with van der Waals surface area (Å²) >= 11 is 12.2. The average Bonchev–Trinajstić information content (AvgIpc) is 2.72. The van der Waals surface area contributed by atoms with Crippen LogP contribution >= 0.6 is 23.2 Å². The molecule has 150 valence electrons. The number of anilines is 1. The zero-order valence-electron chi connectivity index (χ0n) is 16.0. The molecule has 0 aromatic heterocycles. The Morgan fingerprint density at radius 1 is 0.893 bits per heavy atom. The predicted molar refractivity (Wildman–Crippen MR) is 118 cm³/mol. The van der Waals surface area contributed by atoms with E-state index in [9.17, 15) is 4.79 Å². The Labute approximate surface area is 177 Å². The van der Waals surface area contributed by atoms with Gasteiger partial charge >= 0.3 is 0 Å². The second kappa shape index (κ2) is 10.7. The number of hydrogen-bond acceptors (Lipinski definition) is 3. The first kappa shape index (κ1) is 21.0. The second-order valence-electron chi connectivity index (χ2n) is 7.10. The number of benzene rings is 2. The molecule has 1 saturated heterocycles. The highest BCUT2D eigenvalue weighted by Crippen LogP contribution is 2.24. The van der Waals surface area contributed by atoms with Gasteiger partial charge in [0.25, 0.3) is 0 Å².